The molecule has 116 valence electrons. The van der Waals surface area contributed by atoms with E-state index in [0.29, 0.717) is 10.9 Å². The van der Waals surface area contributed by atoms with E-state index in [4.69, 9.17) is 28.3 Å². The van der Waals surface area contributed by atoms with Gasteiger partial charge in [0.15, 0.2) is 0 Å². The summed E-state index contributed by atoms with van der Waals surface area (Å²) in [4.78, 5) is 24.4. The Labute approximate surface area is 141 Å². The minimum atomic E-state index is -1.08. The zero-order chi connectivity index (χ0) is 16.2. The van der Waals surface area contributed by atoms with Crippen molar-refractivity contribution in [2.24, 2.45) is 0 Å². The Hall–Kier alpha value is -0.980. The molecular formula is C13H15BrCl2N2O3. The number of hydrogen-bond acceptors (Lipinski definition) is 2. The zero-order valence-electron chi connectivity index (χ0n) is 11.5. The van der Waals surface area contributed by atoms with Crippen LogP contribution >= 0.6 is 39.1 Å². The van der Waals surface area contributed by atoms with Gasteiger partial charge in [-0.05, 0) is 25.5 Å². The van der Waals surface area contributed by atoms with Gasteiger partial charge < -0.3 is 15.3 Å². The van der Waals surface area contributed by atoms with Crippen LogP contribution in [0.25, 0.3) is 0 Å². The standard InChI is InChI=1S/C13H15BrCl2N2O3/c1-3-7(2)18(6-11(19)20)13(21)17-12-9(15)4-8(14)5-10(12)16/h4-5,7H,3,6H2,1-2H3,(H,17,21)(H,19,20). The monoisotopic (exact) mass is 396 g/mol. The number of rotatable bonds is 5. The van der Waals surface area contributed by atoms with Crippen LogP contribution in [0, 0.1) is 0 Å². The summed E-state index contributed by atoms with van der Waals surface area (Å²) in [7, 11) is 0. The van der Waals surface area contributed by atoms with E-state index in [2.05, 4.69) is 21.2 Å². The molecule has 21 heavy (non-hydrogen) atoms. The highest BCUT2D eigenvalue weighted by molar-refractivity contribution is 9.10. The van der Waals surface area contributed by atoms with Crippen molar-refractivity contribution in [1.82, 2.24) is 4.90 Å². The number of benzene rings is 1. The summed E-state index contributed by atoms with van der Waals surface area (Å²) in [5.74, 6) is -1.08. The van der Waals surface area contributed by atoms with Crippen molar-refractivity contribution < 1.29 is 14.7 Å². The summed E-state index contributed by atoms with van der Waals surface area (Å²) < 4.78 is 0.680. The molecule has 8 heteroatoms. The number of carboxylic acids is 1. The van der Waals surface area contributed by atoms with Crippen LogP contribution in [0.5, 0.6) is 0 Å². The van der Waals surface area contributed by atoms with Crippen LogP contribution in [0.2, 0.25) is 10.0 Å². The highest BCUT2D eigenvalue weighted by atomic mass is 79.9. The van der Waals surface area contributed by atoms with Gasteiger partial charge in [-0.1, -0.05) is 46.1 Å². The SMILES string of the molecule is CCC(C)N(CC(=O)O)C(=O)Nc1c(Cl)cc(Br)cc1Cl. The third kappa shape index (κ3) is 5.05. The predicted molar refractivity (Wildman–Crippen MR) is 87.3 cm³/mol. The maximum absolute atomic E-state index is 12.3. The van der Waals surface area contributed by atoms with Crippen molar-refractivity contribution in [3.8, 4) is 0 Å². The smallest absolute Gasteiger partial charge is 0.323 e. The Balaban J connectivity index is 2.99. The van der Waals surface area contributed by atoms with Crippen molar-refractivity contribution in [2.75, 3.05) is 11.9 Å². The van der Waals surface area contributed by atoms with E-state index in [1.54, 1.807) is 19.1 Å². The van der Waals surface area contributed by atoms with Crippen LogP contribution in [-0.2, 0) is 4.79 Å². The molecule has 0 fully saturated rings. The van der Waals surface area contributed by atoms with Crippen molar-refractivity contribution in [2.45, 2.75) is 26.3 Å². The summed E-state index contributed by atoms with van der Waals surface area (Å²) in [6, 6.07) is 2.40. The summed E-state index contributed by atoms with van der Waals surface area (Å²) in [5, 5.41) is 12.0. The Kier molecular flexibility index (Phi) is 6.77. The highest BCUT2D eigenvalue weighted by Crippen LogP contribution is 2.34. The average molecular weight is 398 g/mol. The molecule has 0 spiro atoms. The Morgan fingerprint density at radius 2 is 1.90 bits per heavy atom. The number of carboxylic acid groups (broad SMARTS) is 1. The van der Waals surface area contributed by atoms with Crippen LogP contribution < -0.4 is 5.32 Å². The second-order valence-corrected chi connectivity index (χ2v) is 6.18. The number of anilines is 1. The van der Waals surface area contributed by atoms with E-state index in [1.165, 1.54) is 4.90 Å². The van der Waals surface area contributed by atoms with Crippen molar-refractivity contribution >= 4 is 56.8 Å². The third-order valence-corrected chi connectivity index (χ3v) is 3.98. The molecule has 1 unspecified atom stereocenters. The van der Waals surface area contributed by atoms with E-state index in [-0.39, 0.29) is 21.8 Å². The quantitative estimate of drug-likeness (QED) is 0.769. The number of carbonyl (C=O) groups excluding carboxylic acids is 1. The molecular weight excluding hydrogens is 383 g/mol. The molecule has 0 aliphatic rings. The van der Waals surface area contributed by atoms with Crippen LogP contribution in [0.1, 0.15) is 20.3 Å². The Morgan fingerprint density at radius 1 is 1.38 bits per heavy atom. The first-order valence-corrected chi connectivity index (χ1v) is 7.75. The van der Waals surface area contributed by atoms with Gasteiger partial charge in [0, 0.05) is 10.5 Å². The molecule has 0 aliphatic carbocycles. The molecule has 0 saturated carbocycles. The number of hydrogen-bond donors (Lipinski definition) is 2. The first kappa shape index (κ1) is 18.1. The lowest BCUT2D eigenvalue weighted by Gasteiger charge is -2.27. The van der Waals surface area contributed by atoms with Crippen molar-refractivity contribution in [3.05, 3.63) is 26.7 Å². The second kappa shape index (κ2) is 7.87. The van der Waals surface area contributed by atoms with E-state index in [0.717, 1.165) is 0 Å². The molecule has 1 aromatic carbocycles. The number of urea groups is 1. The van der Waals surface area contributed by atoms with Gasteiger partial charge >= 0.3 is 12.0 Å². The number of nitrogens with one attached hydrogen (secondary N) is 1. The molecule has 0 bridgehead atoms. The van der Waals surface area contributed by atoms with Crippen LogP contribution in [0.3, 0.4) is 0 Å². The maximum atomic E-state index is 12.3. The zero-order valence-corrected chi connectivity index (χ0v) is 14.6. The van der Waals surface area contributed by atoms with E-state index < -0.39 is 18.5 Å². The molecule has 0 radical (unpaired) electrons. The summed E-state index contributed by atoms with van der Waals surface area (Å²) in [5.41, 5.74) is 0.255. The largest absolute Gasteiger partial charge is 0.480 e. The van der Waals surface area contributed by atoms with Crippen LogP contribution in [0.4, 0.5) is 10.5 Å². The molecule has 1 rings (SSSR count). The summed E-state index contributed by atoms with van der Waals surface area (Å²) >= 11 is 15.3. The fourth-order valence-corrected chi connectivity index (χ4v) is 2.94. The average Bonchev–Trinajstić information content (AvgIpc) is 2.38. The first-order chi connectivity index (χ1) is 9.76. The molecule has 1 aromatic rings. The van der Waals surface area contributed by atoms with E-state index in [1.807, 2.05) is 6.92 Å². The van der Waals surface area contributed by atoms with Gasteiger partial charge in [-0.2, -0.15) is 0 Å². The Morgan fingerprint density at radius 3 is 2.33 bits per heavy atom. The van der Waals surface area contributed by atoms with Gasteiger partial charge in [-0.15, -0.1) is 0 Å². The van der Waals surface area contributed by atoms with Gasteiger partial charge in [-0.3, -0.25) is 4.79 Å². The molecule has 1 atom stereocenters. The van der Waals surface area contributed by atoms with Gasteiger partial charge in [0.1, 0.15) is 6.54 Å². The molecule has 0 aromatic heterocycles. The normalized spacial score (nSPS) is 11.9. The fourth-order valence-electron chi connectivity index (χ4n) is 1.63. The van der Waals surface area contributed by atoms with Crippen LogP contribution in [-0.4, -0.2) is 34.6 Å². The molecule has 0 saturated heterocycles. The van der Waals surface area contributed by atoms with E-state index in [9.17, 15) is 9.59 Å². The highest BCUT2D eigenvalue weighted by Gasteiger charge is 2.23. The fraction of sp³-hybridized carbons (Fsp3) is 0.385. The topological polar surface area (TPSA) is 69.6 Å². The minimum Gasteiger partial charge on any atom is -0.480 e. The lowest BCUT2D eigenvalue weighted by atomic mass is 10.2. The summed E-state index contributed by atoms with van der Waals surface area (Å²) in [6.45, 7) is 3.24. The minimum absolute atomic E-state index is 0.228. The maximum Gasteiger partial charge on any atom is 0.323 e. The van der Waals surface area contributed by atoms with E-state index >= 15 is 0 Å². The molecule has 0 aliphatic heterocycles. The number of amides is 2. The third-order valence-electron chi connectivity index (χ3n) is 2.93. The van der Waals surface area contributed by atoms with Crippen molar-refractivity contribution in [1.29, 1.82) is 0 Å². The number of nitrogens with zero attached hydrogens (tertiary/aromatic N) is 1. The molecule has 0 heterocycles. The lowest BCUT2D eigenvalue weighted by Crippen LogP contribution is -2.44. The van der Waals surface area contributed by atoms with Gasteiger partial charge in [0.25, 0.3) is 0 Å². The van der Waals surface area contributed by atoms with Gasteiger partial charge in [0.2, 0.25) is 0 Å². The van der Waals surface area contributed by atoms with Crippen LogP contribution in [0.15, 0.2) is 16.6 Å². The number of halogens is 3. The predicted octanol–water partition coefficient (Wildman–Crippen LogP) is 4.47. The molecule has 5 nitrogen and oxygen atoms in total. The molecule has 2 amide bonds. The van der Waals surface area contributed by atoms with Gasteiger partial charge in [-0.25, -0.2) is 4.79 Å². The van der Waals surface area contributed by atoms with Crippen molar-refractivity contribution in [3.63, 3.8) is 0 Å². The van der Waals surface area contributed by atoms with Gasteiger partial charge in [0.05, 0.1) is 15.7 Å². The number of aliphatic carboxylic acids is 1. The summed E-state index contributed by atoms with van der Waals surface area (Å²) in [6.07, 6.45) is 0.627. The first-order valence-electron chi connectivity index (χ1n) is 6.20. The number of carbonyl (C=O) groups is 2. The lowest BCUT2D eigenvalue weighted by molar-refractivity contribution is -0.138. The molecule has 2 N–H and O–H groups in total. The second-order valence-electron chi connectivity index (χ2n) is 4.45. The Bertz CT molecular complexity index is 531.